The van der Waals surface area contributed by atoms with E-state index in [2.05, 4.69) is 51.9 Å². The molecule has 6 nitrogen and oxygen atoms in total. The molecule has 4 rings (SSSR count). The van der Waals surface area contributed by atoms with Gasteiger partial charge in [-0.2, -0.15) is 0 Å². The van der Waals surface area contributed by atoms with E-state index < -0.39 is 0 Å². The summed E-state index contributed by atoms with van der Waals surface area (Å²) in [5.41, 5.74) is 2.43. The highest BCUT2D eigenvalue weighted by atomic mass is 19.1. The first-order valence-electron chi connectivity index (χ1n) is 10.2. The molecule has 3 heterocycles. The summed E-state index contributed by atoms with van der Waals surface area (Å²) in [6.07, 6.45) is 5.49. The highest BCUT2D eigenvalue weighted by Crippen LogP contribution is 2.21. The van der Waals surface area contributed by atoms with E-state index in [-0.39, 0.29) is 11.9 Å². The van der Waals surface area contributed by atoms with Gasteiger partial charge in [0.2, 0.25) is 0 Å². The van der Waals surface area contributed by atoms with Crippen LogP contribution in [0.3, 0.4) is 0 Å². The van der Waals surface area contributed by atoms with Crippen LogP contribution in [0.1, 0.15) is 18.9 Å². The summed E-state index contributed by atoms with van der Waals surface area (Å²) in [6.45, 7) is 5.04. The van der Waals surface area contributed by atoms with Crippen LogP contribution >= 0.6 is 0 Å². The summed E-state index contributed by atoms with van der Waals surface area (Å²) >= 11 is 0. The number of nitrogens with one attached hydrogen (secondary N) is 3. The van der Waals surface area contributed by atoms with Crippen molar-refractivity contribution in [3.8, 4) is 0 Å². The monoisotopic (exact) mass is 394 g/mol. The molecule has 0 aliphatic carbocycles. The predicted molar refractivity (Wildman–Crippen MR) is 116 cm³/mol. The smallest absolute Gasteiger partial charge is 0.191 e. The fourth-order valence-electron chi connectivity index (χ4n) is 3.82. The lowest BCUT2D eigenvalue weighted by Gasteiger charge is -2.19. The van der Waals surface area contributed by atoms with Crippen LogP contribution in [0.2, 0.25) is 0 Å². The number of H-pyrrole nitrogens is 1. The molecule has 0 spiro atoms. The molecule has 3 N–H and O–H groups in total. The first-order chi connectivity index (χ1) is 14.2. The van der Waals surface area contributed by atoms with Crippen LogP contribution in [-0.4, -0.2) is 48.1 Å². The molecule has 1 unspecified atom stereocenters. The van der Waals surface area contributed by atoms with Crippen molar-refractivity contribution in [3.63, 3.8) is 0 Å². The van der Waals surface area contributed by atoms with Crippen LogP contribution in [0.25, 0.3) is 10.9 Å². The normalized spacial score (nSPS) is 17.1. The number of fused-ring (bicyclic) bond motifs is 1. The second-order valence-corrected chi connectivity index (χ2v) is 7.25. The highest BCUT2D eigenvalue weighted by molar-refractivity contribution is 5.83. The standard InChI is InChI=1S/C22H27FN6/c1-2-24-22(26-12-9-16-14-27-20-8-4-3-6-18(16)20)28-17-10-13-29(15-17)21-19(23)7-5-11-25-21/h3-8,11,14,17,27H,2,9-10,12-13,15H2,1H3,(H2,24,26,28). The molecule has 1 aromatic carbocycles. The SMILES string of the molecule is CCNC(=NCCc1c[nH]c2ccccc12)NC1CCN(c2ncccc2F)C1. The molecule has 2 aromatic heterocycles. The van der Waals surface area contributed by atoms with Crippen molar-refractivity contribution in [1.29, 1.82) is 0 Å². The molecule has 1 aliphatic heterocycles. The number of halogens is 1. The molecule has 152 valence electrons. The number of anilines is 1. The van der Waals surface area contributed by atoms with Crippen molar-refractivity contribution in [2.75, 3.05) is 31.1 Å². The van der Waals surface area contributed by atoms with Gasteiger partial charge in [0.25, 0.3) is 0 Å². The molecular weight excluding hydrogens is 367 g/mol. The largest absolute Gasteiger partial charge is 0.361 e. The first-order valence-corrected chi connectivity index (χ1v) is 10.2. The summed E-state index contributed by atoms with van der Waals surface area (Å²) in [5, 5.41) is 8.06. The fraction of sp³-hybridized carbons (Fsp3) is 0.364. The van der Waals surface area contributed by atoms with Crippen molar-refractivity contribution < 1.29 is 4.39 Å². The molecule has 1 atom stereocenters. The van der Waals surface area contributed by atoms with E-state index in [1.54, 1.807) is 12.3 Å². The van der Waals surface area contributed by atoms with Crippen LogP contribution in [0.15, 0.2) is 53.8 Å². The van der Waals surface area contributed by atoms with E-state index in [9.17, 15) is 4.39 Å². The van der Waals surface area contributed by atoms with Crippen LogP contribution in [0.4, 0.5) is 10.2 Å². The Balaban J connectivity index is 1.36. The molecule has 29 heavy (non-hydrogen) atoms. The van der Waals surface area contributed by atoms with Crippen molar-refractivity contribution in [3.05, 3.63) is 60.2 Å². The number of nitrogens with zero attached hydrogens (tertiary/aromatic N) is 3. The van der Waals surface area contributed by atoms with Gasteiger partial charge in [0.1, 0.15) is 0 Å². The quantitative estimate of drug-likeness (QED) is 0.444. The maximum absolute atomic E-state index is 14.0. The number of pyridine rings is 1. The number of hydrogen-bond donors (Lipinski definition) is 3. The third-order valence-corrected chi connectivity index (χ3v) is 5.24. The van der Waals surface area contributed by atoms with E-state index in [0.717, 1.165) is 37.4 Å². The summed E-state index contributed by atoms with van der Waals surface area (Å²) in [7, 11) is 0. The summed E-state index contributed by atoms with van der Waals surface area (Å²) in [4.78, 5) is 14.2. The van der Waals surface area contributed by atoms with Gasteiger partial charge in [-0.3, -0.25) is 4.99 Å². The van der Waals surface area contributed by atoms with E-state index in [0.29, 0.717) is 18.9 Å². The van der Waals surface area contributed by atoms with Crippen molar-refractivity contribution in [1.82, 2.24) is 20.6 Å². The molecule has 0 saturated carbocycles. The minimum absolute atomic E-state index is 0.210. The number of guanidine groups is 1. The number of rotatable bonds is 6. The number of para-hydroxylation sites is 1. The molecule has 1 saturated heterocycles. The lowest BCUT2D eigenvalue weighted by molar-refractivity contribution is 0.612. The van der Waals surface area contributed by atoms with E-state index in [1.165, 1.54) is 17.0 Å². The van der Waals surface area contributed by atoms with Gasteiger partial charge in [0.15, 0.2) is 17.6 Å². The molecule has 0 bridgehead atoms. The molecule has 1 aliphatic rings. The summed E-state index contributed by atoms with van der Waals surface area (Å²) in [6, 6.07) is 11.6. The van der Waals surface area contributed by atoms with Crippen LogP contribution in [-0.2, 0) is 6.42 Å². The van der Waals surface area contributed by atoms with Crippen molar-refractivity contribution in [2.45, 2.75) is 25.8 Å². The summed E-state index contributed by atoms with van der Waals surface area (Å²) in [5.74, 6) is 0.964. The molecule has 0 radical (unpaired) electrons. The van der Waals surface area contributed by atoms with E-state index in [4.69, 9.17) is 4.99 Å². The summed E-state index contributed by atoms with van der Waals surface area (Å²) < 4.78 is 14.0. The molecular formula is C22H27FN6. The van der Waals surface area contributed by atoms with Gasteiger partial charge in [0, 0.05) is 55.5 Å². The van der Waals surface area contributed by atoms with Gasteiger partial charge in [-0.05, 0) is 43.5 Å². The zero-order valence-electron chi connectivity index (χ0n) is 16.7. The van der Waals surface area contributed by atoms with Crippen molar-refractivity contribution >= 4 is 22.7 Å². The van der Waals surface area contributed by atoms with Crippen LogP contribution < -0.4 is 15.5 Å². The Bertz CT molecular complexity index is 982. The van der Waals surface area contributed by atoms with Gasteiger partial charge in [-0.1, -0.05) is 18.2 Å². The van der Waals surface area contributed by atoms with Crippen LogP contribution in [0.5, 0.6) is 0 Å². The molecule has 1 fully saturated rings. The van der Waals surface area contributed by atoms with Crippen molar-refractivity contribution in [2.24, 2.45) is 4.99 Å². The van der Waals surface area contributed by atoms with E-state index >= 15 is 0 Å². The Morgan fingerprint density at radius 2 is 2.21 bits per heavy atom. The average Bonchev–Trinajstić information content (AvgIpc) is 3.36. The highest BCUT2D eigenvalue weighted by Gasteiger charge is 2.25. The molecule has 0 amide bonds. The Morgan fingerprint density at radius 1 is 1.31 bits per heavy atom. The zero-order valence-corrected chi connectivity index (χ0v) is 16.7. The van der Waals surface area contributed by atoms with Gasteiger partial charge in [-0.25, -0.2) is 9.37 Å². The van der Waals surface area contributed by atoms with Gasteiger partial charge >= 0.3 is 0 Å². The average molecular weight is 394 g/mol. The third-order valence-electron chi connectivity index (χ3n) is 5.24. The number of hydrogen-bond acceptors (Lipinski definition) is 3. The number of aliphatic imine (C=N–C) groups is 1. The maximum Gasteiger partial charge on any atom is 0.191 e. The predicted octanol–water partition coefficient (Wildman–Crippen LogP) is 3.08. The number of aromatic amines is 1. The minimum Gasteiger partial charge on any atom is -0.361 e. The third kappa shape index (κ3) is 4.50. The van der Waals surface area contributed by atoms with Gasteiger partial charge < -0.3 is 20.5 Å². The Hall–Kier alpha value is -3.09. The fourth-order valence-corrected chi connectivity index (χ4v) is 3.82. The number of benzene rings is 1. The Morgan fingerprint density at radius 3 is 3.07 bits per heavy atom. The maximum atomic E-state index is 14.0. The molecule has 7 heteroatoms. The topological polar surface area (TPSA) is 68.3 Å². The number of aromatic nitrogens is 2. The van der Waals surface area contributed by atoms with Crippen LogP contribution in [0, 0.1) is 5.82 Å². The molecule has 3 aromatic rings. The second-order valence-electron chi connectivity index (χ2n) is 7.25. The van der Waals surface area contributed by atoms with Gasteiger partial charge in [0.05, 0.1) is 0 Å². The van der Waals surface area contributed by atoms with Gasteiger partial charge in [-0.15, -0.1) is 0 Å². The Labute approximate surface area is 170 Å². The zero-order chi connectivity index (χ0) is 20.1. The Kier molecular flexibility index (Phi) is 5.93. The lowest BCUT2D eigenvalue weighted by Crippen LogP contribution is -2.44. The van der Waals surface area contributed by atoms with E-state index in [1.807, 2.05) is 11.0 Å². The first kappa shape index (κ1) is 19.2. The lowest BCUT2D eigenvalue weighted by atomic mass is 10.1. The minimum atomic E-state index is -0.271. The second kappa shape index (κ2) is 8.94.